The van der Waals surface area contributed by atoms with Crippen LogP contribution in [-0.4, -0.2) is 18.3 Å². The minimum atomic E-state index is 0.230. The lowest BCUT2D eigenvalue weighted by Gasteiger charge is -2.30. The molecule has 17 heavy (non-hydrogen) atoms. The SMILES string of the molecule is CCCNC(c1ccccc1)C(CO)C(C)C. The Labute approximate surface area is 105 Å². The lowest BCUT2D eigenvalue weighted by molar-refractivity contribution is 0.150. The van der Waals surface area contributed by atoms with Gasteiger partial charge in [-0.3, -0.25) is 0 Å². The molecule has 0 saturated heterocycles. The second-order valence-corrected chi connectivity index (χ2v) is 4.93. The number of aliphatic hydroxyl groups excluding tert-OH is 1. The van der Waals surface area contributed by atoms with Crippen LogP contribution in [0.2, 0.25) is 0 Å². The number of nitrogens with one attached hydrogen (secondary N) is 1. The van der Waals surface area contributed by atoms with Gasteiger partial charge in [-0.05, 0) is 24.4 Å². The summed E-state index contributed by atoms with van der Waals surface area (Å²) in [7, 11) is 0. The molecule has 2 nitrogen and oxygen atoms in total. The highest BCUT2D eigenvalue weighted by Crippen LogP contribution is 2.27. The molecular weight excluding hydrogens is 210 g/mol. The molecule has 1 aromatic carbocycles. The van der Waals surface area contributed by atoms with E-state index >= 15 is 0 Å². The molecule has 2 N–H and O–H groups in total. The van der Waals surface area contributed by atoms with Crippen molar-refractivity contribution < 1.29 is 5.11 Å². The first-order valence-corrected chi connectivity index (χ1v) is 6.59. The van der Waals surface area contributed by atoms with Crippen LogP contribution in [0.25, 0.3) is 0 Å². The molecule has 2 atom stereocenters. The Morgan fingerprint density at radius 3 is 2.29 bits per heavy atom. The van der Waals surface area contributed by atoms with Gasteiger partial charge >= 0.3 is 0 Å². The molecule has 0 aliphatic rings. The van der Waals surface area contributed by atoms with Gasteiger partial charge < -0.3 is 10.4 Å². The van der Waals surface area contributed by atoms with E-state index in [9.17, 15) is 5.11 Å². The minimum Gasteiger partial charge on any atom is -0.396 e. The van der Waals surface area contributed by atoms with Crippen LogP contribution in [0.3, 0.4) is 0 Å². The minimum absolute atomic E-state index is 0.230. The first-order valence-electron chi connectivity index (χ1n) is 6.59. The molecule has 0 radical (unpaired) electrons. The Morgan fingerprint density at radius 1 is 1.18 bits per heavy atom. The highest BCUT2D eigenvalue weighted by Gasteiger charge is 2.24. The Kier molecular flexibility index (Phi) is 6.23. The van der Waals surface area contributed by atoms with Gasteiger partial charge in [-0.2, -0.15) is 0 Å². The third kappa shape index (κ3) is 4.14. The van der Waals surface area contributed by atoms with Crippen LogP contribution in [0.5, 0.6) is 0 Å². The van der Waals surface area contributed by atoms with Crippen LogP contribution < -0.4 is 5.32 Å². The second kappa shape index (κ2) is 7.46. The Bertz CT molecular complexity index is 297. The van der Waals surface area contributed by atoms with E-state index in [0.717, 1.165) is 13.0 Å². The summed E-state index contributed by atoms with van der Waals surface area (Å²) >= 11 is 0. The van der Waals surface area contributed by atoms with Crippen molar-refractivity contribution in [1.82, 2.24) is 5.32 Å². The summed E-state index contributed by atoms with van der Waals surface area (Å²) in [6, 6.07) is 10.7. The number of hydrogen-bond acceptors (Lipinski definition) is 2. The summed E-state index contributed by atoms with van der Waals surface area (Å²) < 4.78 is 0. The zero-order valence-corrected chi connectivity index (χ0v) is 11.2. The Hall–Kier alpha value is -0.860. The van der Waals surface area contributed by atoms with Gasteiger partial charge in [-0.1, -0.05) is 51.1 Å². The number of benzene rings is 1. The van der Waals surface area contributed by atoms with Crippen LogP contribution in [0, 0.1) is 11.8 Å². The van der Waals surface area contributed by atoms with E-state index in [1.807, 2.05) is 6.07 Å². The highest BCUT2D eigenvalue weighted by molar-refractivity contribution is 5.20. The Morgan fingerprint density at radius 2 is 1.82 bits per heavy atom. The van der Waals surface area contributed by atoms with Crippen molar-refractivity contribution >= 4 is 0 Å². The molecule has 2 unspecified atom stereocenters. The lowest BCUT2D eigenvalue weighted by Crippen LogP contribution is -2.33. The maximum Gasteiger partial charge on any atom is 0.0479 e. The highest BCUT2D eigenvalue weighted by atomic mass is 16.3. The van der Waals surface area contributed by atoms with E-state index in [2.05, 4.69) is 50.4 Å². The summed E-state index contributed by atoms with van der Waals surface area (Å²) in [5.41, 5.74) is 1.27. The fourth-order valence-corrected chi connectivity index (χ4v) is 2.18. The first-order chi connectivity index (χ1) is 8.20. The van der Waals surface area contributed by atoms with Crippen molar-refractivity contribution in [3.05, 3.63) is 35.9 Å². The van der Waals surface area contributed by atoms with Gasteiger partial charge in [0.25, 0.3) is 0 Å². The quantitative estimate of drug-likeness (QED) is 0.761. The maximum atomic E-state index is 9.59. The van der Waals surface area contributed by atoms with Crippen molar-refractivity contribution in [1.29, 1.82) is 0 Å². The molecule has 96 valence electrons. The van der Waals surface area contributed by atoms with E-state index in [1.165, 1.54) is 5.56 Å². The fourth-order valence-electron chi connectivity index (χ4n) is 2.18. The molecule has 2 heteroatoms. The third-order valence-corrected chi connectivity index (χ3v) is 3.27. The molecule has 0 saturated carbocycles. The number of hydrogen-bond donors (Lipinski definition) is 2. The molecular formula is C15H25NO. The summed E-state index contributed by atoms with van der Waals surface area (Å²) in [5.74, 6) is 0.735. The van der Waals surface area contributed by atoms with Crippen molar-refractivity contribution in [2.45, 2.75) is 33.2 Å². The van der Waals surface area contributed by atoms with Gasteiger partial charge in [0.1, 0.15) is 0 Å². The van der Waals surface area contributed by atoms with E-state index in [0.29, 0.717) is 5.92 Å². The zero-order chi connectivity index (χ0) is 12.7. The first kappa shape index (κ1) is 14.2. The molecule has 0 aliphatic carbocycles. The molecule has 0 fully saturated rings. The molecule has 0 bridgehead atoms. The summed E-state index contributed by atoms with van der Waals surface area (Å²) in [6.45, 7) is 7.73. The summed E-state index contributed by atoms with van der Waals surface area (Å²) in [5, 5.41) is 13.1. The lowest BCUT2D eigenvalue weighted by atomic mass is 9.85. The molecule has 0 aliphatic heterocycles. The molecule has 0 heterocycles. The molecule has 0 amide bonds. The third-order valence-electron chi connectivity index (χ3n) is 3.27. The zero-order valence-electron chi connectivity index (χ0n) is 11.2. The molecule has 1 aromatic rings. The van der Waals surface area contributed by atoms with Crippen molar-refractivity contribution in [2.75, 3.05) is 13.2 Å². The van der Waals surface area contributed by atoms with E-state index < -0.39 is 0 Å². The monoisotopic (exact) mass is 235 g/mol. The second-order valence-electron chi connectivity index (χ2n) is 4.93. The standard InChI is InChI=1S/C15H25NO/c1-4-10-16-15(14(11-17)12(2)3)13-8-6-5-7-9-13/h5-9,12,14-17H,4,10-11H2,1-3H3. The molecule has 1 rings (SSSR count). The van der Waals surface area contributed by atoms with Gasteiger partial charge in [-0.25, -0.2) is 0 Å². The van der Waals surface area contributed by atoms with Gasteiger partial charge in [0.2, 0.25) is 0 Å². The number of aliphatic hydroxyl groups is 1. The predicted molar refractivity (Wildman–Crippen MR) is 72.9 cm³/mol. The van der Waals surface area contributed by atoms with Crippen LogP contribution in [0.1, 0.15) is 38.8 Å². The smallest absolute Gasteiger partial charge is 0.0479 e. The largest absolute Gasteiger partial charge is 0.396 e. The Balaban J connectivity index is 2.86. The fraction of sp³-hybridized carbons (Fsp3) is 0.600. The van der Waals surface area contributed by atoms with Crippen LogP contribution in [0.15, 0.2) is 30.3 Å². The summed E-state index contributed by atoms with van der Waals surface area (Å²) in [4.78, 5) is 0. The van der Waals surface area contributed by atoms with Crippen LogP contribution >= 0.6 is 0 Å². The predicted octanol–water partition coefficient (Wildman–Crippen LogP) is 2.99. The van der Waals surface area contributed by atoms with Crippen LogP contribution in [0.4, 0.5) is 0 Å². The van der Waals surface area contributed by atoms with Gasteiger partial charge in [0, 0.05) is 18.6 Å². The molecule has 0 aromatic heterocycles. The van der Waals surface area contributed by atoms with Gasteiger partial charge in [0.15, 0.2) is 0 Å². The maximum absolute atomic E-state index is 9.59. The van der Waals surface area contributed by atoms with E-state index in [4.69, 9.17) is 0 Å². The van der Waals surface area contributed by atoms with Gasteiger partial charge in [-0.15, -0.1) is 0 Å². The topological polar surface area (TPSA) is 32.3 Å². The van der Waals surface area contributed by atoms with Crippen molar-refractivity contribution in [3.63, 3.8) is 0 Å². The molecule has 0 spiro atoms. The van der Waals surface area contributed by atoms with Crippen LogP contribution in [-0.2, 0) is 0 Å². The average Bonchev–Trinajstić information content (AvgIpc) is 2.35. The average molecular weight is 235 g/mol. The van der Waals surface area contributed by atoms with Crippen molar-refractivity contribution in [2.24, 2.45) is 11.8 Å². The van der Waals surface area contributed by atoms with Crippen molar-refractivity contribution in [3.8, 4) is 0 Å². The number of rotatable bonds is 7. The van der Waals surface area contributed by atoms with E-state index in [-0.39, 0.29) is 18.6 Å². The van der Waals surface area contributed by atoms with Gasteiger partial charge in [0.05, 0.1) is 0 Å². The normalized spacial score (nSPS) is 14.9. The van der Waals surface area contributed by atoms with E-state index in [1.54, 1.807) is 0 Å². The summed E-state index contributed by atoms with van der Waals surface area (Å²) in [6.07, 6.45) is 1.11.